The number of allylic oxidation sites excluding steroid dienone is 4. The molecule has 4 rings (SSSR count). The number of hydrogen-bond acceptors (Lipinski definition) is 7. The number of carbonyl (C=O) groups is 3. The predicted molar refractivity (Wildman–Crippen MR) is 133 cm³/mol. The second kappa shape index (κ2) is 8.97. The molecule has 4 aliphatic carbocycles. The van der Waals surface area contributed by atoms with E-state index in [1.165, 1.54) is 19.1 Å². The molecule has 0 amide bonds. The zero-order chi connectivity index (χ0) is 28.5. The molecule has 0 bridgehead atoms. The van der Waals surface area contributed by atoms with Crippen LogP contribution in [0.3, 0.4) is 0 Å². The fraction of sp³-hybridized carbons (Fsp3) is 0.724. The summed E-state index contributed by atoms with van der Waals surface area (Å²) < 4.78 is 44.4. The Bertz CT molecular complexity index is 1150. The maximum absolute atomic E-state index is 17.4. The van der Waals surface area contributed by atoms with Crippen LogP contribution >= 0.6 is 0 Å². The number of ether oxygens (including phenoxy) is 2. The van der Waals surface area contributed by atoms with E-state index in [-0.39, 0.29) is 31.3 Å². The van der Waals surface area contributed by atoms with E-state index in [4.69, 9.17) is 14.7 Å². The second-order valence-corrected chi connectivity index (χ2v) is 13.2. The molecule has 208 valence electrons. The van der Waals surface area contributed by atoms with E-state index in [1.807, 2.05) is 20.8 Å². The third kappa shape index (κ3) is 3.77. The lowest BCUT2D eigenvalue weighted by Gasteiger charge is -2.63. The van der Waals surface area contributed by atoms with Crippen molar-refractivity contribution in [2.75, 3.05) is 6.61 Å². The molecule has 4 aliphatic rings. The van der Waals surface area contributed by atoms with Crippen LogP contribution in [-0.2, 0) is 23.9 Å². The van der Waals surface area contributed by atoms with Crippen molar-refractivity contribution in [2.24, 2.45) is 34.0 Å². The lowest BCUT2D eigenvalue weighted by molar-refractivity contribution is -0.239. The van der Waals surface area contributed by atoms with Crippen molar-refractivity contribution in [2.45, 2.75) is 90.8 Å². The van der Waals surface area contributed by atoms with Crippen LogP contribution in [0.25, 0.3) is 0 Å². The van der Waals surface area contributed by atoms with E-state index in [1.54, 1.807) is 19.9 Å². The van der Waals surface area contributed by atoms with Gasteiger partial charge in [0.25, 0.3) is 0 Å². The van der Waals surface area contributed by atoms with Gasteiger partial charge < -0.3 is 14.6 Å². The number of aliphatic hydroxyl groups excluding tert-OH is 1. The maximum atomic E-state index is 17.4. The lowest BCUT2D eigenvalue weighted by atomic mass is 9.44. The molecule has 3 fully saturated rings. The highest BCUT2D eigenvalue weighted by atomic mass is 19.1. The fourth-order valence-electron chi connectivity index (χ4n) is 8.07. The minimum atomic E-state index is -2.33. The summed E-state index contributed by atoms with van der Waals surface area (Å²) in [4.78, 5) is 38.9. The Morgan fingerprint density at radius 3 is 2.50 bits per heavy atom. The molecule has 7 nitrogen and oxygen atoms in total. The Kier molecular flexibility index (Phi) is 6.71. The molecule has 0 saturated heterocycles. The molecule has 3 saturated carbocycles. The van der Waals surface area contributed by atoms with Gasteiger partial charge in [0.05, 0.1) is 12.5 Å². The van der Waals surface area contributed by atoms with Crippen molar-refractivity contribution in [3.8, 4) is 6.07 Å². The number of ketones is 1. The minimum Gasteiger partial charge on any atom is -0.447 e. The number of aliphatic hydroxyl groups is 1. The first kappa shape index (κ1) is 28.4. The molecule has 0 aromatic heterocycles. The number of halogens is 2. The monoisotopic (exact) mass is 533 g/mol. The summed E-state index contributed by atoms with van der Waals surface area (Å²) in [7, 11) is 0. The topological polar surface area (TPSA) is 114 Å². The van der Waals surface area contributed by atoms with Crippen LogP contribution < -0.4 is 0 Å². The highest BCUT2D eigenvalue weighted by Gasteiger charge is 2.78. The molecule has 9 atom stereocenters. The van der Waals surface area contributed by atoms with Gasteiger partial charge in [-0.3, -0.25) is 9.59 Å². The average Bonchev–Trinajstić information content (AvgIpc) is 3.01. The van der Waals surface area contributed by atoms with Crippen molar-refractivity contribution in [1.29, 1.82) is 5.26 Å². The van der Waals surface area contributed by atoms with Crippen LogP contribution in [0.5, 0.6) is 0 Å². The zero-order valence-electron chi connectivity index (χ0n) is 22.8. The normalized spacial score (nSPS) is 43.7. The number of fused-ring (bicyclic) bond motifs is 5. The standard InChI is InChI=1S/C29H37F2NO6/c1-16-11-18-19-13-21(30)20-12-17(33)7-8-26(20,5)28(19,31)22(34)14-27(18,6)29(16,24(36)37-10-9-32)38-23(35)15-25(2,3)4/h7-8,12,16,18-19,21-22,34H,10-11,13-15H2,1-6H3/t16-,18+,19+,21+,22+,26+,27+,28?,29+/m1/s1. The molecule has 0 radical (unpaired) electrons. The van der Waals surface area contributed by atoms with Gasteiger partial charge in [-0.1, -0.05) is 40.7 Å². The van der Waals surface area contributed by atoms with E-state index >= 15 is 8.78 Å². The van der Waals surface area contributed by atoms with Crippen molar-refractivity contribution in [1.82, 2.24) is 0 Å². The molecule has 38 heavy (non-hydrogen) atoms. The van der Waals surface area contributed by atoms with E-state index < -0.39 is 81.9 Å². The highest BCUT2D eigenvalue weighted by Crippen LogP contribution is 2.71. The Balaban J connectivity index is 1.84. The van der Waals surface area contributed by atoms with Crippen LogP contribution in [0.2, 0.25) is 0 Å². The minimum absolute atomic E-state index is 0.00810. The van der Waals surface area contributed by atoms with Crippen molar-refractivity contribution >= 4 is 17.7 Å². The Hall–Kier alpha value is -2.60. The molecule has 1 N–H and O–H groups in total. The van der Waals surface area contributed by atoms with Gasteiger partial charge in [-0.2, -0.15) is 5.26 Å². The summed E-state index contributed by atoms with van der Waals surface area (Å²) in [5, 5.41) is 20.6. The number of nitriles is 1. The van der Waals surface area contributed by atoms with Crippen molar-refractivity contribution in [3.05, 3.63) is 23.8 Å². The third-order valence-electron chi connectivity index (χ3n) is 9.69. The van der Waals surface area contributed by atoms with E-state index in [2.05, 4.69) is 0 Å². The number of hydrogen-bond donors (Lipinski definition) is 1. The van der Waals surface area contributed by atoms with Gasteiger partial charge >= 0.3 is 11.9 Å². The number of rotatable bonds is 4. The van der Waals surface area contributed by atoms with Gasteiger partial charge in [0, 0.05) is 22.7 Å². The van der Waals surface area contributed by atoms with Gasteiger partial charge in [0.2, 0.25) is 5.60 Å². The highest BCUT2D eigenvalue weighted by molar-refractivity contribution is 6.01. The predicted octanol–water partition coefficient (Wildman–Crippen LogP) is 4.34. The van der Waals surface area contributed by atoms with Gasteiger partial charge in [-0.15, -0.1) is 0 Å². The van der Waals surface area contributed by atoms with Gasteiger partial charge in [-0.25, -0.2) is 13.6 Å². The maximum Gasteiger partial charge on any atom is 0.352 e. The lowest BCUT2D eigenvalue weighted by Crippen LogP contribution is -2.71. The molecule has 9 heteroatoms. The third-order valence-corrected chi connectivity index (χ3v) is 9.69. The Labute approximate surface area is 222 Å². The van der Waals surface area contributed by atoms with Crippen molar-refractivity contribution in [3.63, 3.8) is 0 Å². The summed E-state index contributed by atoms with van der Waals surface area (Å²) in [6.45, 7) is 9.84. The number of esters is 2. The van der Waals surface area contributed by atoms with Crippen LogP contribution in [0.1, 0.15) is 67.2 Å². The first-order chi connectivity index (χ1) is 17.5. The molecular formula is C29H37F2NO6. The average molecular weight is 534 g/mol. The first-order valence-corrected chi connectivity index (χ1v) is 13.2. The van der Waals surface area contributed by atoms with Crippen molar-refractivity contribution < 1.29 is 37.7 Å². The van der Waals surface area contributed by atoms with Crippen LogP contribution in [-0.4, -0.2) is 53.0 Å². The summed E-state index contributed by atoms with van der Waals surface area (Å²) >= 11 is 0. The first-order valence-electron chi connectivity index (χ1n) is 13.2. The molecule has 0 heterocycles. The molecular weight excluding hydrogens is 496 g/mol. The Morgan fingerprint density at radius 2 is 1.89 bits per heavy atom. The van der Waals surface area contributed by atoms with Gasteiger partial charge in [0.1, 0.15) is 12.2 Å². The largest absolute Gasteiger partial charge is 0.447 e. The van der Waals surface area contributed by atoms with Gasteiger partial charge in [0.15, 0.2) is 18.1 Å². The fourth-order valence-corrected chi connectivity index (χ4v) is 8.07. The Morgan fingerprint density at radius 1 is 1.24 bits per heavy atom. The summed E-state index contributed by atoms with van der Waals surface area (Å²) in [6, 6.07) is 1.75. The quantitative estimate of drug-likeness (QED) is 0.535. The molecule has 0 aliphatic heterocycles. The van der Waals surface area contributed by atoms with Crippen LogP contribution in [0.4, 0.5) is 8.78 Å². The van der Waals surface area contributed by atoms with Crippen LogP contribution in [0, 0.1) is 45.3 Å². The molecule has 0 aromatic carbocycles. The summed E-state index contributed by atoms with van der Waals surface area (Å²) in [5.74, 6) is -4.36. The smallest absolute Gasteiger partial charge is 0.352 e. The van der Waals surface area contributed by atoms with E-state index in [0.29, 0.717) is 0 Å². The summed E-state index contributed by atoms with van der Waals surface area (Å²) in [6.07, 6.45) is 0.0418. The number of nitrogens with zero attached hydrogens (tertiary/aromatic N) is 1. The molecule has 0 spiro atoms. The zero-order valence-corrected chi connectivity index (χ0v) is 22.8. The van der Waals surface area contributed by atoms with E-state index in [0.717, 1.165) is 6.08 Å². The summed E-state index contributed by atoms with van der Waals surface area (Å²) in [5.41, 5.74) is -7.55. The van der Waals surface area contributed by atoms with Gasteiger partial charge in [-0.05, 0) is 55.2 Å². The SMILES string of the molecule is C[C@@H]1C[C@H]2[C@@H]3C[C@H](F)C4=CC(=O)C=C[C@]4(C)C3(F)[C@@H](O)C[C@]2(C)[C@@]1(OC(=O)CC(C)(C)C)C(=O)OCC#N. The number of alkyl halides is 2. The molecule has 0 aromatic rings. The molecule has 1 unspecified atom stereocenters. The number of carbonyl (C=O) groups excluding carboxylic acids is 3. The van der Waals surface area contributed by atoms with Crippen LogP contribution in [0.15, 0.2) is 23.8 Å². The second-order valence-electron chi connectivity index (χ2n) is 13.2. The van der Waals surface area contributed by atoms with E-state index in [9.17, 15) is 19.5 Å².